The number of thiazole rings is 1. The predicted octanol–water partition coefficient (Wildman–Crippen LogP) is 0.209. The number of aromatic nitrogens is 1. The van der Waals surface area contributed by atoms with E-state index in [9.17, 15) is 13.2 Å². The number of nitrogens with two attached hydrogens (primary N) is 1. The van der Waals surface area contributed by atoms with Crippen LogP contribution in [0, 0.1) is 0 Å². The highest BCUT2D eigenvalue weighted by Crippen LogP contribution is 2.11. The zero-order valence-corrected chi connectivity index (χ0v) is 11.8. The minimum atomic E-state index is -3.07. The van der Waals surface area contributed by atoms with Crippen molar-refractivity contribution in [1.29, 1.82) is 0 Å². The Labute approximate surface area is 111 Å². The van der Waals surface area contributed by atoms with Crippen molar-refractivity contribution in [3.63, 3.8) is 0 Å². The van der Waals surface area contributed by atoms with Crippen LogP contribution in [0.5, 0.6) is 0 Å². The van der Waals surface area contributed by atoms with Crippen molar-refractivity contribution in [3.05, 3.63) is 11.1 Å². The van der Waals surface area contributed by atoms with Gasteiger partial charge in [0.25, 0.3) is 0 Å². The van der Waals surface area contributed by atoms with Crippen molar-refractivity contribution in [2.24, 2.45) is 0 Å². The van der Waals surface area contributed by atoms with Gasteiger partial charge in [-0.05, 0) is 12.8 Å². The molecule has 0 unspecified atom stereocenters. The molecule has 0 saturated carbocycles. The first-order valence-electron chi connectivity index (χ1n) is 5.51. The number of nitrogen functional groups attached to an aromatic ring is 1. The minimum Gasteiger partial charge on any atom is -0.375 e. The molecule has 102 valence electrons. The first-order chi connectivity index (χ1) is 8.37. The van der Waals surface area contributed by atoms with Crippen LogP contribution in [0.15, 0.2) is 5.38 Å². The van der Waals surface area contributed by atoms with Crippen LogP contribution in [0.25, 0.3) is 0 Å². The predicted molar refractivity (Wildman–Crippen MR) is 72.2 cm³/mol. The van der Waals surface area contributed by atoms with Crippen LogP contribution in [-0.4, -0.2) is 37.9 Å². The number of carbonyl (C=O) groups excluding carboxylic acids is 1. The fourth-order valence-electron chi connectivity index (χ4n) is 1.30. The summed E-state index contributed by atoms with van der Waals surface area (Å²) in [6, 6.07) is 0. The normalized spacial score (nSPS) is 11.4. The Morgan fingerprint density at radius 2 is 2.28 bits per heavy atom. The fraction of sp³-hybridized carbons (Fsp3) is 0.600. The summed E-state index contributed by atoms with van der Waals surface area (Å²) in [6.07, 6.45) is 2.64. The average Bonchev–Trinajstić information content (AvgIpc) is 2.67. The number of nitrogens with zero attached hydrogens (tertiary/aromatic N) is 1. The van der Waals surface area contributed by atoms with Gasteiger partial charge in [-0.2, -0.15) is 0 Å². The molecule has 0 radical (unpaired) electrons. The number of sulfone groups is 1. The average molecular weight is 291 g/mol. The van der Waals surface area contributed by atoms with Crippen LogP contribution in [0.4, 0.5) is 5.13 Å². The van der Waals surface area contributed by atoms with Gasteiger partial charge in [-0.3, -0.25) is 4.79 Å². The van der Waals surface area contributed by atoms with E-state index in [4.69, 9.17) is 5.73 Å². The number of hydrogen-bond donors (Lipinski definition) is 2. The summed E-state index contributed by atoms with van der Waals surface area (Å²) in [5.74, 6) is -0.347. The molecule has 1 aromatic rings. The van der Waals surface area contributed by atoms with Crippen molar-refractivity contribution in [1.82, 2.24) is 10.3 Å². The van der Waals surface area contributed by atoms with E-state index in [1.807, 2.05) is 5.38 Å². The Balaban J connectivity index is 2.12. The highest BCUT2D eigenvalue weighted by Gasteiger charge is 2.07. The van der Waals surface area contributed by atoms with E-state index in [1.54, 1.807) is 0 Å². The summed E-state index contributed by atoms with van der Waals surface area (Å²) < 4.78 is 21.7. The van der Waals surface area contributed by atoms with Gasteiger partial charge in [-0.15, -0.1) is 11.3 Å². The topological polar surface area (TPSA) is 102 Å². The Bertz CT molecular complexity index is 496. The van der Waals surface area contributed by atoms with Crippen LogP contribution in [-0.2, 0) is 21.1 Å². The van der Waals surface area contributed by atoms with Gasteiger partial charge in [0.2, 0.25) is 5.91 Å². The van der Waals surface area contributed by atoms with Crippen molar-refractivity contribution in [2.45, 2.75) is 19.3 Å². The Hall–Kier alpha value is -1.15. The fourth-order valence-corrected chi connectivity index (χ4v) is 2.45. The molecule has 0 aliphatic heterocycles. The summed E-state index contributed by atoms with van der Waals surface area (Å²) in [5.41, 5.74) is 6.41. The lowest BCUT2D eigenvalue weighted by molar-refractivity contribution is -0.120. The van der Waals surface area contributed by atoms with E-state index in [1.165, 1.54) is 11.3 Å². The van der Waals surface area contributed by atoms with Gasteiger partial charge in [-0.1, -0.05) is 0 Å². The molecule has 1 rings (SSSR count). The van der Waals surface area contributed by atoms with E-state index in [0.29, 0.717) is 11.7 Å². The van der Waals surface area contributed by atoms with Gasteiger partial charge in [0.15, 0.2) is 5.13 Å². The summed E-state index contributed by atoms with van der Waals surface area (Å²) in [5, 5.41) is 5.11. The molecule has 8 heteroatoms. The van der Waals surface area contributed by atoms with Gasteiger partial charge in [0.1, 0.15) is 9.84 Å². The van der Waals surface area contributed by atoms with Crippen LogP contribution in [0.1, 0.15) is 18.5 Å². The zero-order valence-electron chi connectivity index (χ0n) is 10.2. The molecule has 0 aromatic carbocycles. The molecule has 3 N–H and O–H groups in total. The lowest BCUT2D eigenvalue weighted by Gasteiger charge is -2.03. The highest BCUT2D eigenvalue weighted by molar-refractivity contribution is 7.90. The minimum absolute atomic E-state index is 0.0164. The standard InChI is InChI=1S/C10H17N3O3S2/c1-18(15,16)6-4-9(14)12-5-2-3-8-7-17-10(11)13-8/h7H,2-6H2,1H3,(H2,11,13)(H,12,14). The summed E-state index contributed by atoms with van der Waals surface area (Å²) in [6.45, 7) is 0.514. The van der Waals surface area contributed by atoms with Gasteiger partial charge < -0.3 is 11.1 Å². The van der Waals surface area contributed by atoms with Gasteiger partial charge in [0, 0.05) is 24.6 Å². The molecule has 0 saturated heterocycles. The molecule has 0 atom stereocenters. The van der Waals surface area contributed by atoms with Crippen LogP contribution in [0.3, 0.4) is 0 Å². The number of aryl methyl sites for hydroxylation is 1. The highest BCUT2D eigenvalue weighted by atomic mass is 32.2. The number of hydrogen-bond acceptors (Lipinski definition) is 6. The first kappa shape index (κ1) is 14.9. The molecule has 1 aromatic heterocycles. The molecule has 1 amide bonds. The summed E-state index contributed by atoms with van der Waals surface area (Å²) in [4.78, 5) is 15.4. The third-order valence-electron chi connectivity index (χ3n) is 2.20. The maximum atomic E-state index is 11.3. The second-order valence-electron chi connectivity index (χ2n) is 4.01. The molecular formula is C10H17N3O3S2. The lowest BCUT2D eigenvalue weighted by atomic mass is 10.2. The van der Waals surface area contributed by atoms with E-state index in [0.717, 1.165) is 24.8 Å². The first-order valence-corrected chi connectivity index (χ1v) is 8.45. The van der Waals surface area contributed by atoms with Crippen molar-refractivity contribution in [2.75, 3.05) is 24.3 Å². The molecule has 18 heavy (non-hydrogen) atoms. The molecule has 1 heterocycles. The number of amides is 1. The molecular weight excluding hydrogens is 274 g/mol. The third-order valence-corrected chi connectivity index (χ3v) is 3.87. The number of carbonyl (C=O) groups is 1. The number of nitrogens with one attached hydrogen (secondary N) is 1. The van der Waals surface area contributed by atoms with Crippen LogP contribution < -0.4 is 11.1 Å². The summed E-state index contributed by atoms with van der Waals surface area (Å²) in [7, 11) is -3.07. The monoisotopic (exact) mass is 291 g/mol. The largest absolute Gasteiger partial charge is 0.375 e. The van der Waals surface area contributed by atoms with Crippen molar-refractivity contribution in [3.8, 4) is 0 Å². The molecule has 0 aliphatic rings. The molecule has 6 nitrogen and oxygen atoms in total. The summed E-state index contributed by atoms with van der Waals surface area (Å²) >= 11 is 1.39. The van der Waals surface area contributed by atoms with Crippen molar-refractivity contribution >= 4 is 32.2 Å². The zero-order chi connectivity index (χ0) is 13.6. The SMILES string of the molecule is CS(=O)(=O)CCC(=O)NCCCc1csc(N)n1. The maximum absolute atomic E-state index is 11.3. The number of rotatable bonds is 7. The molecule has 0 bridgehead atoms. The molecule has 0 spiro atoms. The van der Waals surface area contributed by atoms with E-state index in [2.05, 4.69) is 10.3 Å². The van der Waals surface area contributed by atoms with E-state index < -0.39 is 9.84 Å². The second kappa shape index (κ2) is 6.69. The van der Waals surface area contributed by atoms with Crippen LogP contribution >= 0.6 is 11.3 Å². The van der Waals surface area contributed by atoms with E-state index >= 15 is 0 Å². The quantitative estimate of drug-likeness (QED) is 0.699. The Kier molecular flexibility index (Phi) is 5.54. The second-order valence-corrected chi connectivity index (χ2v) is 7.16. The van der Waals surface area contributed by atoms with Crippen molar-refractivity contribution < 1.29 is 13.2 Å². The number of anilines is 1. The molecule has 0 aliphatic carbocycles. The smallest absolute Gasteiger partial charge is 0.221 e. The maximum Gasteiger partial charge on any atom is 0.221 e. The molecule has 0 fully saturated rings. The Morgan fingerprint density at radius 1 is 1.56 bits per heavy atom. The third kappa shape index (κ3) is 6.55. The van der Waals surface area contributed by atoms with Crippen LogP contribution in [0.2, 0.25) is 0 Å². The van der Waals surface area contributed by atoms with Gasteiger partial charge in [-0.25, -0.2) is 13.4 Å². The van der Waals surface area contributed by atoms with Gasteiger partial charge in [0.05, 0.1) is 11.4 Å². The van der Waals surface area contributed by atoms with Gasteiger partial charge >= 0.3 is 0 Å². The van der Waals surface area contributed by atoms with E-state index in [-0.39, 0.29) is 18.1 Å². The Morgan fingerprint density at radius 3 is 2.83 bits per heavy atom. The lowest BCUT2D eigenvalue weighted by Crippen LogP contribution is -2.26.